The lowest BCUT2D eigenvalue weighted by atomic mass is 9.97. The quantitative estimate of drug-likeness (QED) is 0.478. The third-order valence-electron chi connectivity index (χ3n) is 2.26. The fourth-order valence-electron chi connectivity index (χ4n) is 1.01. The van der Waals surface area contributed by atoms with Crippen LogP contribution in [-0.2, 0) is 19.1 Å². The lowest BCUT2D eigenvalue weighted by Gasteiger charge is -2.28. The van der Waals surface area contributed by atoms with E-state index >= 15 is 0 Å². The second-order valence-electron chi connectivity index (χ2n) is 3.63. The van der Waals surface area contributed by atoms with Crippen LogP contribution in [0.4, 0.5) is 0 Å². The summed E-state index contributed by atoms with van der Waals surface area (Å²) in [6.45, 7) is 5.86. The van der Waals surface area contributed by atoms with E-state index in [2.05, 4.69) is 0 Å². The average Bonchev–Trinajstić information content (AvgIpc) is 2.01. The molecule has 1 unspecified atom stereocenters. The van der Waals surface area contributed by atoms with E-state index in [-0.39, 0.29) is 12.3 Å². The molecule has 74 valence electrons. The molecule has 1 saturated heterocycles. The number of rotatable bonds is 2. The summed E-state index contributed by atoms with van der Waals surface area (Å²) >= 11 is 0. The Bertz CT molecular complexity index is 206. The fourth-order valence-corrected chi connectivity index (χ4v) is 1.01. The standard InChI is InChI=1S/C9H14O4/c1-5(2)6(3)9-12-7(10)4-8(11)13-9/h5-6,9H,4H2,1-3H3. The Hall–Kier alpha value is -1.06. The number of hydrogen-bond donors (Lipinski definition) is 0. The SMILES string of the molecule is CC(C)C(C)C1OC(=O)CC(=O)O1. The van der Waals surface area contributed by atoms with Gasteiger partial charge in [0.1, 0.15) is 6.42 Å². The molecule has 0 N–H and O–H groups in total. The topological polar surface area (TPSA) is 52.6 Å². The van der Waals surface area contributed by atoms with Gasteiger partial charge in [0.15, 0.2) is 0 Å². The summed E-state index contributed by atoms with van der Waals surface area (Å²) in [6.07, 6.45) is -0.963. The molecule has 0 aromatic rings. The van der Waals surface area contributed by atoms with Crippen molar-refractivity contribution in [2.75, 3.05) is 0 Å². The maximum Gasteiger partial charge on any atom is 0.320 e. The highest BCUT2D eigenvalue weighted by molar-refractivity contribution is 5.92. The van der Waals surface area contributed by atoms with Crippen LogP contribution in [0.2, 0.25) is 0 Å². The number of carbonyl (C=O) groups excluding carboxylic acids is 2. The fraction of sp³-hybridized carbons (Fsp3) is 0.778. The Balaban J connectivity index is 2.59. The first kappa shape index (κ1) is 10.0. The van der Waals surface area contributed by atoms with Crippen molar-refractivity contribution in [1.29, 1.82) is 0 Å². The van der Waals surface area contributed by atoms with Gasteiger partial charge in [0.2, 0.25) is 6.29 Å². The van der Waals surface area contributed by atoms with E-state index in [1.54, 1.807) is 0 Å². The second-order valence-corrected chi connectivity index (χ2v) is 3.63. The first-order valence-electron chi connectivity index (χ1n) is 4.39. The Morgan fingerprint density at radius 1 is 1.15 bits per heavy atom. The summed E-state index contributed by atoms with van der Waals surface area (Å²) in [5.74, 6) is -0.639. The van der Waals surface area contributed by atoms with E-state index in [4.69, 9.17) is 9.47 Å². The van der Waals surface area contributed by atoms with Gasteiger partial charge in [-0.3, -0.25) is 9.59 Å². The molecule has 0 amide bonds. The largest absolute Gasteiger partial charge is 0.424 e. The number of esters is 2. The molecule has 1 fully saturated rings. The van der Waals surface area contributed by atoms with Crippen LogP contribution in [0.5, 0.6) is 0 Å². The summed E-state index contributed by atoms with van der Waals surface area (Å²) in [4.78, 5) is 21.8. The van der Waals surface area contributed by atoms with Gasteiger partial charge >= 0.3 is 11.9 Å². The lowest BCUT2D eigenvalue weighted by molar-refractivity contribution is -0.214. The number of hydrogen-bond acceptors (Lipinski definition) is 4. The van der Waals surface area contributed by atoms with Gasteiger partial charge in [0, 0.05) is 5.92 Å². The molecular formula is C9H14O4. The number of ether oxygens (including phenoxy) is 2. The highest BCUT2D eigenvalue weighted by Gasteiger charge is 2.33. The first-order valence-corrected chi connectivity index (χ1v) is 4.39. The highest BCUT2D eigenvalue weighted by atomic mass is 16.7. The monoisotopic (exact) mass is 186 g/mol. The van der Waals surface area contributed by atoms with Crippen molar-refractivity contribution in [3.8, 4) is 0 Å². The van der Waals surface area contributed by atoms with Crippen LogP contribution >= 0.6 is 0 Å². The molecule has 4 heteroatoms. The predicted molar refractivity (Wildman–Crippen MR) is 44.6 cm³/mol. The van der Waals surface area contributed by atoms with Crippen molar-refractivity contribution in [3.63, 3.8) is 0 Å². The van der Waals surface area contributed by atoms with Gasteiger partial charge < -0.3 is 9.47 Å². The van der Waals surface area contributed by atoms with Gasteiger partial charge in [-0.15, -0.1) is 0 Å². The third-order valence-corrected chi connectivity index (χ3v) is 2.26. The molecule has 0 aromatic heterocycles. The van der Waals surface area contributed by atoms with Crippen molar-refractivity contribution in [2.24, 2.45) is 11.8 Å². The van der Waals surface area contributed by atoms with E-state index in [0.29, 0.717) is 5.92 Å². The van der Waals surface area contributed by atoms with Gasteiger partial charge in [0.25, 0.3) is 0 Å². The smallest absolute Gasteiger partial charge is 0.320 e. The molecule has 13 heavy (non-hydrogen) atoms. The summed E-state index contributed by atoms with van der Waals surface area (Å²) in [7, 11) is 0. The zero-order chi connectivity index (χ0) is 10.0. The van der Waals surface area contributed by atoms with E-state index in [0.717, 1.165) is 0 Å². The van der Waals surface area contributed by atoms with Crippen molar-refractivity contribution >= 4 is 11.9 Å². The van der Waals surface area contributed by atoms with Gasteiger partial charge in [-0.25, -0.2) is 0 Å². The van der Waals surface area contributed by atoms with Gasteiger partial charge in [-0.1, -0.05) is 20.8 Å². The van der Waals surface area contributed by atoms with E-state index in [1.807, 2.05) is 20.8 Å². The minimum atomic E-state index is -0.700. The van der Waals surface area contributed by atoms with Crippen LogP contribution in [0.15, 0.2) is 0 Å². The molecule has 0 radical (unpaired) electrons. The minimum absolute atomic E-state index is 0.0354. The summed E-state index contributed by atoms with van der Waals surface area (Å²) < 4.78 is 9.80. The van der Waals surface area contributed by atoms with Crippen molar-refractivity contribution < 1.29 is 19.1 Å². The van der Waals surface area contributed by atoms with Crippen LogP contribution < -0.4 is 0 Å². The molecule has 1 atom stereocenters. The van der Waals surface area contributed by atoms with Crippen LogP contribution in [0.25, 0.3) is 0 Å². The molecule has 1 aliphatic heterocycles. The summed E-state index contributed by atoms with van der Waals surface area (Å²) in [6, 6.07) is 0. The summed E-state index contributed by atoms with van der Waals surface area (Å²) in [5.41, 5.74) is 0. The molecule has 4 nitrogen and oxygen atoms in total. The van der Waals surface area contributed by atoms with Crippen molar-refractivity contribution in [2.45, 2.75) is 33.5 Å². The molecule has 1 aliphatic rings. The van der Waals surface area contributed by atoms with Crippen LogP contribution in [0.1, 0.15) is 27.2 Å². The molecule has 0 saturated carbocycles. The molecular weight excluding hydrogens is 172 g/mol. The number of carbonyl (C=O) groups is 2. The molecule has 0 spiro atoms. The number of cyclic esters (lactones) is 2. The van der Waals surface area contributed by atoms with Crippen LogP contribution in [0, 0.1) is 11.8 Å². The molecule has 0 aliphatic carbocycles. The van der Waals surface area contributed by atoms with Gasteiger partial charge in [-0.05, 0) is 5.92 Å². The first-order chi connectivity index (χ1) is 6.00. The van der Waals surface area contributed by atoms with Gasteiger partial charge in [0.05, 0.1) is 0 Å². The lowest BCUT2D eigenvalue weighted by Crippen LogP contribution is -2.38. The Kier molecular flexibility index (Phi) is 2.90. The molecule has 0 aromatic carbocycles. The van der Waals surface area contributed by atoms with Crippen LogP contribution in [0.3, 0.4) is 0 Å². The summed E-state index contributed by atoms with van der Waals surface area (Å²) in [5, 5.41) is 0. The Morgan fingerprint density at radius 3 is 2.00 bits per heavy atom. The Labute approximate surface area is 77.2 Å². The van der Waals surface area contributed by atoms with E-state index in [1.165, 1.54) is 0 Å². The average molecular weight is 186 g/mol. The highest BCUT2D eigenvalue weighted by Crippen LogP contribution is 2.22. The molecule has 1 heterocycles. The zero-order valence-corrected chi connectivity index (χ0v) is 8.07. The maximum atomic E-state index is 10.9. The molecule has 0 bridgehead atoms. The van der Waals surface area contributed by atoms with Gasteiger partial charge in [-0.2, -0.15) is 0 Å². The maximum absolute atomic E-state index is 10.9. The normalized spacial score (nSPS) is 21.2. The predicted octanol–water partition coefficient (Wildman–Crippen LogP) is 1.09. The Morgan fingerprint density at radius 2 is 1.62 bits per heavy atom. The van der Waals surface area contributed by atoms with E-state index < -0.39 is 18.2 Å². The zero-order valence-electron chi connectivity index (χ0n) is 8.07. The minimum Gasteiger partial charge on any atom is -0.424 e. The van der Waals surface area contributed by atoms with Crippen molar-refractivity contribution in [3.05, 3.63) is 0 Å². The molecule has 1 rings (SSSR count). The second kappa shape index (κ2) is 3.77. The van der Waals surface area contributed by atoms with Crippen LogP contribution in [-0.4, -0.2) is 18.2 Å². The van der Waals surface area contributed by atoms with Crippen molar-refractivity contribution in [1.82, 2.24) is 0 Å². The van der Waals surface area contributed by atoms with E-state index in [9.17, 15) is 9.59 Å². The third kappa shape index (κ3) is 2.44.